The molecule has 1 aliphatic carbocycles. The standard InChI is InChI=1S/C12H20N2/c1-12(2)6-3-5-11(9-12)10-14-8-4-7-13-14/h4,7-8,11H,3,5-6,9-10H2,1-2H3. The number of rotatable bonds is 2. The Hall–Kier alpha value is -0.790. The van der Waals surface area contributed by atoms with E-state index >= 15 is 0 Å². The largest absolute Gasteiger partial charge is 0.272 e. The first-order chi connectivity index (χ1) is 6.66. The Morgan fingerprint density at radius 1 is 1.50 bits per heavy atom. The molecule has 0 saturated heterocycles. The van der Waals surface area contributed by atoms with Gasteiger partial charge in [0.15, 0.2) is 0 Å². The van der Waals surface area contributed by atoms with Gasteiger partial charge in [-0.1, -0.05) is 20.3 Å². The van der Waals surface area contributed by atoms with Crippen LogP contribution in [0.15, 0.2) is 18.5 Å². The summed E-state index contributed by atoms with van der Waals surface area (Å²) in [5.41, 5.74) is 0.552. The molecule has 14 heavy (non-hydrogen) atoms. The average molecular weight is 192 g/mol. The van der Waals surface area contributed by atoms with Gasteiger partial charge in [0.2, 0.25) is 0 Å². The van der Waals surface area contributed by atoms with Crippen LogP contribution in [-0.2, 0) is 6.54 Å². The maximum absolute atomic E-state index is 4.27. The smallest absolute Gasteiger partial charge is 0.0489 e. The molecule has 2 nitrogen and oxygen atoms in total. The van der Waals surface area contributed by atoms with Crippen molar-refractivity contribution in [3.05, 3.63) is 18.5 Å². The molecule has 1 aliphatic rings. The zero-order valence-electron chi connectivity index (χ0n) is 9.24. The van der Waals surface area contributed by atoms with E-state index in [1.807, 2.05) is 12.3 Å². The first-order valence-corrected chi connectivity index (χ1v) is 5.63. The van der Waals surface area contributed by atoms with E-state index in [4.69, 9.17) is 0 Å². The van der Waals surface area contributed by atoms with Gasteiger partial charge in [0.05, 0.1) is 0 Å². The summed E-state index contributed by atoms with van der Waals surface area (Å²) in [5, 5.41) is 4.27. The van der Waals surface area contributed by atoms with E-state index in [1.165, 1.54) is 25.7 Å². The van der Waals surface area contributed by atoms with E-state index in [2.05, 4.69) is 29.8 Å². The maximum Gasteiger partial charge on any atom is 0.0489 e. The predicted octanol–water partition coefficient (Wildman–Crippen LogP) is 3.10. The summed E-state index contributed by atoms with van der Waals surface area (Å²) in [7, 11) is 0. The van der Waals surface area contributed by atoms with Crippen LogP contribution in [0, 0.1) is 11.3 Å². The molecule has 1 saturated carbocycles. The lowest BCUT2D eigenvalue weighted by Gasteiger charge is -2.35. The quantitative estimate of drug-likeness (QED) is 0.704. The van der Waals surface area contributed by atoms with Gasteiger partial charge in [-0.25, -0.2) is 0 Å². The van der Waals surface area contributed by atoms with Crippen LogP contribution in [0.1, 0.15) is 39.5 Å². The normalized spacial score (nSPS) is 26.3. The number of aromatic nitrogens is 2. The minimum atomic E-state index is 0.552. The van der Waals surface area contributed by atoms with Gasteiger partial charge in [0, 0.05) is 18.9 Å². The van der Waals surface area contributed by atoms with Crippen LogP contribution < -0.4 is 0 Å². The molecule has 1 heterocycles. The first-order valence-electron chi connectivity index (χ1n) is 5.63. The summed E-state index contributed by atoms with van der Waals surface area (Å²) in [5.74, 6) is 0.832. The van der Waals surface area contributed by atoms with Crippen molar-refractivity contribution in [3.63, 3.8) is 0 Å². The van der Waals surface area contributed by atoms with E-state index in [9.17, 15) is 0 Å². The van der Waals surface area contributed by atoms with Crippen LogP contribution in [0.4, 0.5) is 0 Å². The Kier molecular flexibility index (Phi) is 2.62. The van der Waals surface area contributed by atoms with Gasteiger partial charge >= 0.3 is 0 Å². The molecule has 0 spiro atoms. The molecule has 2 rings (SSSR count). The number of nitrogens with zero attached hydrogens (tertiary/aromatic N) is 2. The Morgan fingerprint density at radius 2 is 2.36 bits per heavy atom. The third kappa shape index (κ3) is 2.37. The van der Waals surface area contributed by atoms with Gasteiger partial charge in [-0.05, 0) is 36.7 Å². The molecule has 0 bridgehead atoms. The minimum Gasteiger partial charge on any atom is -0.272 e. The lowest BCUT2D eigenvalue weighted by Crippen LogP contribution is -2.25. The summed E-state index contributed by atoms with van der Waals surface area (Å²) in [4.78, 5) is 0. The van der Waals surface area contributed by atoms with Gasteiger partial charge < -0.3 is 0 Å². The maximum atomic E-state index is 4.27. The van der Waals surface area contributed by atoms with Crippen LogP contribution in [0.3, 0.4) is 0 Å². The van der Waals surface area contributed by atoms with Crippen molar-refractivity contribution in [1.82, 2.24) is 9.78 Å². The second kappa shape index (κ2) is 3.76. The van der Waals surface area contributed by atoms with Gasteiger partial charge in [-0.15, -0.1) is 0 Å². The van der Waals surface area contributed by atoms with Crippen molar-refractivity contribution in [1.29, 1.82) is 0 Å². The van der Waals surface area contributed by atoms with Crippen molar-refractivity contribution in [2.75, 3.05) is 0 Å². The van der Waals surface area contributed by atoms with Crippen LogP contribution in [-0.4, -0.2) is 9.78 Å². The zero-order valence-corrected chi connectivity index (χ0v) is 9.24. The topological polar surface area (TPSA) is 17.8 Å². The molecular weight excluding hydrogens is 172 g/mol. The predicted molar refractivity (Wildman–Crippen MR) is 58.0 cm³/mol. The molecule has 0 aliphatic heterocycles. The van der Waals surface area contributed by atoms with Crippen LogP contribution >= 0.6 is 0 Å². The van der Waals surface area contributed by atoms with Crippen LogP contribution in [0.25, 0.3) is 0 Å². The van der Waals surface area contributed by atoms with Crippen molar-refractivity contribution in [2.24, 2.45) is 11.3 Å². The third-order valence-corrected chi connectivity index (χ3v) is 3.31. The lowest BCUT2D eigenvalue weighted by atomic mass is 9.72. The van der Waals surface area contributed by atoms with Crippen LogP contribution in [0.2, 0.25) is 0 Å². The summed E-state index contributed by atoms with van der Waals surface area (Å²) in [6, 6.07) is 2.01. The minimum absolute atomic E-state index is 0.552. The molecule has 1 fully saturated rings. The molecular formula is C12H20N2. The summed E-state index contributed by atoms with van der Waals surface area (Å²) < 4.78 is 2.08. The highest BCUT2D eigenvalue weighted by atomic mass is 15.3. The highest BCUT2D eigenvalue weighted by Gasteiger charge is 2.27. The number of hydrogen-bond donors (Lipinski definition) is 0. The van der Waals surface area contributed by atoms with Gasteiger partial charge in [0.25, 0.3) is 0 Å². The van der Waals surface area contributed by atoms with E-state index < -0.39 is 0 Å². The fourth-order valence-electron chi connectivity index (χ4n) is 2.68. The van der Waals surface area contributed by atoms with Crippen molar-refractivity contribution >= 4 is 0 Å². The summed E-state index contributed by atoms with van der Waals surface area (Å²) in [6.45, 7) is 5.89. The SMILES string of the molecule is CC1(C)CCCC(Cn2cccn2)C1. The average Bonchev–Trinajstić information content (AvgIpc) is 2.54. The molecule has 78 valence electrons. The van der Waals surface area contributed by atoms with Crippen molar-refractivity contribution < 1.29 is 0 Å². The van der Waals surface area contributed by atoms with Crippen molar-refractivity contribution in [3.8, 4) is 0 Å². The second-order valence-corrected chi connectivity index (χ2v) is 5.35. The molecule has 0 amide bonds. The Labute approximate surface area is 86.3 Å². The van der Waals surface area contributed by atoms with Gasteiger partial charge in [-0.2, -0.15) is 5.10 Å². The van der Waals surface area contributed by atoms with E-state index in [0.29, 0.717) is 5.41 Å². The second-order valence-electron chi connectivity index (χ2n) is 5.35. The van der Waals surface area contributed by atoms with Gasteiger partial charge in [0.1, 0.15) is 0 Å². The first kappa shape index (κ1) is 9.75. The van der Waals surface area contributed by atoms with E-state index in [-0.39, 0.29) is 0 Å². The van der Waals surface area contributed by atoms with E-state index in [0.717, 1.165) is 12.5 Å². The monoisotopic (exact) mass is 192 g/mol. The van der Waals surface area contributed by atoms with Crippen molar-refractivity contribution in [2.45, 2.75) is 46.1 Å². The molecule has 1 aromatic rings. The molecule has 0 N–H and O–H groups in total. The fraction of sp³-hybridized carbons (Fsp3) is 0.750. The van der Waals surface area contributed by atoms with Crippen LogP contribution in [0.5, 0.6) is 0 Å². The molecule has 0 radical (unpaired) electrons. The zero-order chi connectivity index (χ0) is 10.0. The van der Waals surface area contributed by atoms with E-state index in [1.54, 1.807) is 0 Å². The Morgan fingerprint density at radius 3 is 3.00 bits per heavy atom. The molecule has 2 heteroatoms. The molecule has 1 atom stereocenters. The molecule has 1 unspecified atom stereocenters. The molecule has 0 aromatic carbocycles. The number of hydrogen-bond acceptors (Lipinski definition) is 1. The summed E-state index contributed by atoms with van der Waals surface area (Å²) >= 11 is 0. The lowest BCUT2D eigenvalue weighted by molar-refractivity contribution is 0.163. The fourth-order valence-corrected chi connectivity index (χ4v) is 2.68. The van der Waals surface area contributed by atoms with Gasteiger partial charge in [-0.3, -0.25) is 4.68 Å². The highest BCUT2D eigenvalue weighted by molar-refractivity contribution is 4.82. The molecule has 1 aromatic heterocycles. The highest BCUT2D eigenvalue weighted by Crippen LogP contribution is 2.38. The Balaban J connectivity index is 1.92. The third-order valence-electron chi connectivity index (χ3n) is 3.31. The Bertz CT molecular complexity index is 275. The summed E-state index contributed by atoms with van der Waals surface area (Å²) in [6.07, 6.45) is 9.45.